The molecule has 1 aromatic heterocycles. The van der Waals surface area contributed by atoms with Crippen LogP contribution in [-0.4, -0.2) is 23.7 Å². The standard InChI is InChI=1S/C25H28F6N2O/c26-24(27,28)20-5-3-4-19(13-20)22(9-11-34-23(17-22)6-1-2-7-23)8-10-32-14-18-12-21(16-33-15-18)25(29,30)31/h3-5,12-13,15-16,32H,1-2,6-11,14,17H2/t22-/m0/s1. The highest BCUT2D eigenvalue weighted by molar-refractivity contribution is 5.33. The average Bonchev–Trinajstić information content (AvgIpc) is 3.23. The molecule has 1 spiro atoms. The predicted octanol–water partition coefficient (Wildman–Crippen LogP) is 6.66. The number of alkyl halides is 6. The summed E-state index contributed by atoms with van der Waals surface area (Å²) < 4.78 is 85.3. The number of nitrogens with one attached hydrogen (secondary N) is 1. The quantitative estimate of drug-likeness (QED) is 0.366. The van der Waals surface area contributed by atoms with E-state index in [4.69, 9.17) is 4.74 Å². The van der Waals surface area contributed by atoms with E-state index in [1.54, 1.807) is 6.07 Å². The number of nitrogens with zero attached hydrogens (tertiary/aromatic N) is 1. The monoisotopic (exact) mass is 486 g/mol. The second-order valence-electron chi connectivity index (χ2n) is 9.53. The van der Waals surface area contributed by atoms with Gasteiger partial charge >= 0.3 is 12.4 Å². The Labute approximate surface area is 194 Å². The molecule has 1 atom stereocenters. The van der Waals surface area contributed by atoms with Gasteiger partial charge in [-0.25, -0.2) is 0 Å². The summed E-state index contributed by atoms with van der Waals surface area (Å²) in [7, 11) is 0. The Morgan fingerprint density at radius 2 is 1.65 bits per heavy atom. The molecule has 1 aliphatic heterocycles. The molecule has 1 N–H and O–H groups in total. The van der Waals surface area contributed by atoms with Crippen LogP contribution in [0.1, 0.15) is 67.2 Å². The number of halogens is 6. The van der Waals surface area contributed by atoms with Crippen LogP contribution in [-0.2, 0) is 29.0 Å². The zero-order chi connectivity index (χ0) is 24.5. The second kappa shape index (κ2) is 9.49. The van der Waals surface area contributed by atoms with Gasteiger partial charge in [0.2, 0.25) is 0 Å². The van der Waals surface area contributed by atoms with E-state index >= 15 is 0 Å². The minimum absolute atomic E-state index is 0.192. The molecule has 2 aromatic rings. The molecule has 3 nitrogen and oxygen atoms in total. The fourth-order valence-electron chi connectivity index (χ4n) is 5.49. The smallest absolute Gasteiger partial charge is 0.375 e. The molecular weight excluding hydrogens is 458 g/mol. The van der Waals surface area contributed by atoms with Gasteiger partial charge in [0.1, 0.15) is 0 Å². The van der Waals surface area contributed by atoms with E-state index in [0.717, 1.165) is 44.0 Å². The van der Waals surface area contributed by atoms with Crippen LogP contribution in [0.25, 0.3) is 0 Å². The summed E-state index contributed by atoms with van der Waals surface area (Å²) in [6, 6.07) is 6.62. The largest absolute Gasteiger partial charge is 0.417 e. The lowest BCUT2D eigenvalue weighted by Crippen LogP contribution is -2.47. The van der Waals surface area contributed by atoms with Gasteiger partial charge in [-0.3, -0.25) is 4.98 Å². The first-order valence-corrected chi connectivity index (χ1v) is 11.6. The number of benzene rings is 1. The molecule has 0 bridgehead atoms. The van der Waals surface area contributed by atoms with E-state index in [2.05, 4.69) is 10.3 Å². The zero-order valence-corrected chi connectivity index (χ0v) is 18.7. The summed E-state index contributed by atoms with van der Waals surface area (Å²) in [5.41, 5.74) is -1.22. The SMILES string of the molecule is FC(F)(F)c1cncc(CNCC[C@]2(c3cccc(C(F)(F)F)c3)CCOC3(CCCC3)C2)c1. The molecule has 1 aromatic carbocycles. The minimum Gasteiger partial charge on any atom is -0.375 e. The van der Waals surface area contributed by atoms with Crippen molar-refractivity contribution in [2.24, 2.45) is 0 Å². The summed E-state index contributed by atoms with van der Waals surface area (Å²) in [5, 5.41) is 3.18. The first-order chi connectivity index (χ1) is 16.0. The molecule has 0 amide bonds. The summed E-state index contributed by atoms with van der Waals surface area (Å²) in [4.78, 5) is 3.68. The second-order valence-corrected chi connectivity index (χ2v) is 9.53. The van der Waals surface area contributed by atoms with Crippen LogP contribution in [0.2, 0.25) is 0 Å². The maximum Gasteiger partial charge on any atom is 0.417 e. The number of pyridine rings is 1. The molecule has 1 saturated carbocycles. The predicted molar refractivity (Wildman–Crippen MR) is 115 cm³/mol. The molecule has 34 heavy (non-hydrogen) atoms. The van der Waals surface area contributed by atoms with E-state index in [1.807, 2.05) is 0 Å². The molecule has 186 valence electrons. The van der Waals surface area contributed by atoms with E-state index < -0.39 is 28.9 Å². The number of aromatic nitrogens is 1. The molecule has 4 rings (SSSR count). The van der Waals surface area contributed by atoms with Gasteiger partial charge < -0.3 is 10.1 Å². The van der Waals surface area contributed by atoms with Gasteiger partial charge in [-0.15, -0.1) is 0 Å². The van der Waals surface area contributed by atoms with Crippen LogP contribution in [0.5, 0.6) is 0 Å². The van der Waals surface area contributed by atoms with Crippen LogP contribution in [0.15, 0.2) is 42.7 Å². The topological polar surface area (TPSA) is 34.2 Å². The van der Waals surface area contributed by atoms with Gasteiger partial charge in [-0.05, 0) is 61.9 Å². The molecule has 2 aliphatic rings. The lowest BCUT2D eigenvalue weighted by Gasteiger charge is -2.47. The first-order valence-electron chi connectivity index (χ1n) is 11.6. The Balaban J connectivity index is 1.52. The van der Waals surface area contributed by atoms with Crippen LogP contribution in [0.3, 0.4) is 0 Å². The molecule has 9 heteroatoms. The zero-order valence-electron chi connectivity index (χ0n) is 18.7. The minimum atomic E-state index is -4.46. The van der Waals surface area contributed by atoms with E-state index in [-0.39, 0.29) is 12.1 Å². The van der Waals surface area contributed by atoms with Crippen molar-refractivity contribution in [2.45, 2.75) is 74.9 Å². The highest BCUT2D eigenvalue weighted by atomic mass is 19.4. The average molecular weight is 487 g/mol. The van der Waals surface area contributed by atoms with Crippen LogP contribution >= 0.6 is 0 Å². The number of ether oxygens (including phenoxy) is 1. The van der Waals surface area contributed by atoms with E-state index in [0.29, 0.717) is 43.5 Å². The third-order valence-corrected chi connectivity index (χ3v) is 7.20. The van der Waals surface area contributed by atoms with Gasteiger partial charge in [-0.1, -0.05) is 31.0 Å². The van der Waals surface area contributed by atoms with Crippen molar-refractivity contribution in [3.05, 3.63) is 65.0 Å². The molecular formula is C25H28F6N2O. The maximum atomic E-state index is 13.4. The van der Waals surface area contributed by atoms with Crippen molar-refractivity contribution < 1.29 is 31.1 Å². The normalized spacial score (nSPS) is 22.9. The molecule has 2 heterocycles. The van der Waals surface area contributed by atoms with Gasteiger partial charge in [0, 0.05) is 31.0 Å². The molecule has 0 radical (unpaired) electrons. The maximum absolute atomic E-state index is 13.4. The van der Waals surface area contributed by atoms with Crippen molar-refractivity contribution >= 4 is 0 Å². The summed E-state index contributed by atoms with van der Waals surface area (Å²) in [6.07, 6.45) is -1.03. The fraction of sp³-hybridized carbons (Fsp3) is 0.560. The Hall–Kier alpha value is -2.13. The highest BCUT2D eigenvalue weighted by Gasteiger charge is 2.48. The third-order valence-electron chi connectivity index (χ3n) is 7.20. The van der Waals surface area contributed by atoms with Gasteiger partial charge in [0.15, 0.2) is 0 Å². The summed E-state index contributed by atoms with van der Waals surface area (Å²) >= 11 is 0. The first kappa shape index (κ1) is 25.0. The van der Waals surface area contributed by atoms with Crippen LogP contribution in [0.4, 0.5) is 26.3 Å². The Bertz CT molecular complexity index is 984. The molecule has 1 aliphatic carbocycles. The molecule has 1 saturated heterocycles. The Morgan fingerprint density at radius 3 is 2.35 bits per heavy atom. The summed E-state index contributed by atoms with van der Waals surface area (Å²) in [5.74, 6) is 0. The molecule has 2 fully saturated rings. The van der Waals surface area contributed by atoms with Crippen molar-refractivity contribution in [3.8, 4) is 0 Å². The van der Waals surface area contributed by atoms with Crippen LogP contribution < -0.4 is 5.32 Å². The van der Waals surface area contributed by atoms with Gasteiger partial charge in [0.25, 0.3) is 0 Å². The van der Waals surface area contributed by atoms with Crippen molar-refractivity contribution in [2.75, 3.05) is 13.2 Å². The number of hydrogen-bond acceptors (Lipinski definition) is 3. The van der Waals surface area contributed by atoms with Crippen molar-refractivity contribution in [1.82, 2.24) is 10.3 Å². The molecule has 0 unspecified atom stereocenters. The third kappa shape index (κ3) is 5.57. The summed E-state index contributed by atoms with van der Waals surface area (Å²) in [6.45, 7) is 1.12. The lowest BCUT2D eigenvalue weighted by atomic mass is 9.66. The van der Waals surface area contributed by atoms with E-state index in [9.17, 15) is 26.3 Å². The lowest BCUT2D eigenvalue weighted by molar-refractivity contribution is -0.138. The number of rotatable bonds is 6. The van der Waals surface area contributed by atoms with E-state index in [1.165, 1.54) is 18.3 Å². The van der Waals surface area contributed by atoms with Gasteiger partial charge in [-0.2, -0.15) is 26.3 Å². The Kier molecular flexibility index (Phi) is 6.97. The van der Waals surface area contributed by atoms with Crippen molar-refractivity contribution in [1.29, 1.82) is 0 Å². The number of hydrogen-bond donors (Lipinski definition) is 1. The van der Waals surface area contributed by atoms with Crippen LogP contribution in [0, 0.1) is 0 Å². The highest BCUT2D eigenvalue weighted by Crippen LogP contribution is 2.50. The fourth-order valence-corrected chi connectivity index (χ4v) is 5.49. The van der Waals surface area contributed by atoms with Crippen molar-refractivity contribution in [3.63, 3.8) is 0 Å². The Morgan fingerprint density at radius 1 is 0.912 bits per heavy atom. The van der Waals surface area contributed by atoms with Gasteiger partial charge in [0.05, 0.1) is 16.7 Å².